The lowest BCUT2D eigenvalue weighted by Crippen LogP contribution is -2.45. The molecule has 0 atom stereocenters. The third-order valence-corrected chi connectivity index (χ3v) is 8.15. The number of fused-ring (bicyclic) bond motifs is 1. The quantitative estimate of drug-likeness (QED) is 0.270. The van der Waals surface area contributed by atoms with Gasteiger partial charge in [0.2, 0.25) is 0 Å². The summed E-state index contributed by atoms with van der Waals surface area (Å²) in [5.74, 6) is 1.18. The van der Waals surface area contributed by atoms with E-state index in [1.54, 1.807) is 23.2 Å². The summed E-state index contributed by atoms with van der Waals surface area (Å²) in [7, 11) is 1.64. The van der Waals surface area contributed by atoms with Crippen LogP contribution in [-0.4, -0.2) is 79.3 Å². The zero-order valence-corrected chi connectivity index (χ0v) is 26.4. The van der Waals surface area contributed by atoms with E-state index in [1.165, 1.54) is 6.42 Å². The summed E-state index contributed by atoms with van der Waals surface area (Å²) in [5.41, 5.74) is 2.95. The van der Waals surface area contributed by atoms with Crippen molar-refractivity contribution in [2.45, 2.75) is 77.4 Å². The lowest BCUT2D eigenvalue weighted by molar-refractivity contribution is -0.153. The van der Waals surface area contributed by atoms with Crippen LogP contribution in [0.25, 0.3) is 0 Å². The summed E-state index contributed by atoms with van der Waals surface area (Å²) in [6.45, 7) is 8.06. The fraction of sp³-hybridized carbons (Fsp3) is 0.576. The molecule has 1 aromatic carbocycles. The molecule has 0 unspecified atom stereocenters. The minimum atomic E-state index is -0.504. The number of hydrogen-bond acceptors (Lipinski definition) is 9. The molecule has 1 saturated carbocycles. The highest BCUT2D eigenvalue weighted by molar-refractivity contribution is 6.13. The molecule has 2 fully saturated rings. The van der Waals surface area contributed by atoms with Crippen LogP contribution in [0.4, 0.5) is 22.0 Å². The van der Waals surface area contributed by atoms with E-state index in [2.05, 4.69) is 10.6 Å². The zero-order valence-electron chi connectivity index (χ0n) is 26.4. The number of rotatable bonds is 10. The van der Waals surface area contributed by atoms with Crippen molar-refractivity contribution in [3.63, 3.8) is 0 Å². The van der Waals surface area contributed by atoms with Crippen molar-refractivity contribution in [1.29, 1.82) is 0 Å². The van der Waals surface area contributed by atoms with Crippen molar-refractivity contribution in [2.75, 3.05) is 50.2 Å². The van der Waals surface area contributed by atoms with Crippen LogP contribution in [-0.2, 0) is 14.3 Å². The molecule has 3 heterocycles. The van der Waals surface area contributed by atoms with E-state index in [0.29, 0.717) is 37.9 Å². The first-order valence-electron chi connectivity index (χ1n) is 15.8. The van der Waals surface area contributed by atoms with Gasteiger partial charge in [0.25, 0.3) is 0 Å². The summed E-state index contributed by atoms with van der Waals surface area (Å²) in [6, 6.07) is 9.39. The summed E-state index contributed by atoms with van der Waals surface area (Å²) in [4.78, 5) is 32.8. The molecule has 0 bridgehead atoms. The molecule has 5 rings (SSSR count). The number of pyridine rings is 1. The van der Waals surface area contributed by atoms with Crippen LogP contribution in [0.15, 0.2) is 41.6 Å². The van der Waals surface area contributed by atoms with Crippen LogP contribution in [0.1, 0.15) is 71.3 Å². The van der Waals surface area contributed by atoms with Crippen molar-refractivity contribution in [3.8, 4) is 5.75 Å². The second kappa shape index (κ2) is 14.4. The number of carbonyl (C=O) groups is 2. The van der Waals surface area contributed by atoms with E-state index in [9.17, 15) is 9.59 Å². The van der Waals surface area contributed by atoms with Gasteiger partial charge in [-0.3, -0.25) is 4.79 Å². The van der Waals surface area contributed by atoms with Gasteiger partial charge in [-0.05, 0) is 70.7 Å². The van der Waals surface area contributed by atoms with Crippen LogP contribution >= 0.6 is 0 Å². The maximum atomic E-state index is 14.5. The summed E-state index contributed by atoms with van der Waals surface area (Å²) >= 11 is 0. The topological polar surface area (TPSA) is 118 Å². The minimum Gasteiger partial charge on any atom is -0.497 e. The Kier molecular flexibility index (Phi) is 10.4. The van der Waals surface area contributed by atoms with E-state index < -0.39 is 5.60 Å². The molecule has 1 aromatic heterocycles. The third kappa shape index (κ3) is 7.87. The van der Waals surface area contributed by atoms with Crippen molar-refractivity contribution < 1.29 is 23.8 Å². The Balaban J connectivity index is 1.38. The Bertz CT molecular complexity index is 1310. The monoisotopic (exact) mass is 606 g/mol. The molecule has 0 radical (unpaired) electrons. The fourth-order valence-electron chi connectivity index (χ4n) is 6.01. The maximum Gasteiger partial charge on any atom is 0.351 e. The number of nitrogens with one attached hydrogen (secondary N) is 2. The summed E-state index contributed by atoms with van der Waals surface area (Å²) < 4.78 is 16.6. The largest absolute Gasteiger partial charge is 0.497 e. The van der Waals surface area contributed by atoms with Gasteiger partial charge in [-0.15, -0.1) is 0 Å². The van der Waals surface area contributed by atoms with Gasteiger partial charge < -0.3 is 24.8 Å². The molecule has 3 aliphatic rings. The van der Waals surface area contributed by atoms with Gasteiger partial charge in [0.05, 0.1) is 43.0 Å². The average molecular weight is 607 g/mol. The number of hydrogen-bond donors (Lipinski definition) is 2. The van der Waals surface area contributed by atoms with Crippen LogP contribution in [0.5, 0.6) is 5.75 Å². The van der Waals surface area contributed by atoms with E-state index in [1.807, 2.05) is 51.1 Å². The second-order valence-electron chi connectivity index (χ2n) is 12.6. The predicted molar refractivity (Wildman–Crippen MR) is 171 cm³/mol. The predicted octanol–water partition coefficient (Wildman–Crippen LogP) is 5.47. The Morgan fingerprint density at radius 3 is 2.50 bits per heavy atom. The van der Waals surface area contributed by atoms with Gasteiger partial charge in [-0.1, -0.05) is 19.3 Å². The number of hydrazone groups is 1. The molecule has 11 nitrogen and oxygen atoms in total. The number of anilines is 3. The molecule has 44 heavy (non-hydrogen) atoms. The number of nitrogens with zero attached hydrogens (tertiary/aromatic N) is 4. The number of esters is 1. The normalized spacial score (nSPS) is 18.4. The SMILES string of the molecule is COc1ccc2c(c1)N(c1ccc(NCCNCC(=O)OC(C)(C)C)cn1)C(=O)N(C1CCOCC1)N=C2C1CCCCC1. The minimum absolute atomic E-state index is 0.0531. The lowest BCUT2D eigenvalue weighted by atomic mass is 9.83. The first-order chi connectivity index (χ1) is 21.2. The average Bonchev–Trinajstić information content (AvgIpc) is 3.14. The van der Waals surface area contributed by atoms with Crippen molar-refractivity contribution >= 4 is 34.9 Å². The number of amides is 2. The molecule has 1 saturated heterocycles. The van der Waals surface area contributed by atoms with Crippen LogP contribution in [0.3, 0.4) is 0 Å². The van der Waals surface area contributed by atoms with E-state index >= 15 is 0 Å². The zero-order chi connectivity index (χ0) is 31.1. The molecule has 238 valence electrons. The Labute approximate surface area is 260 Å². The molecule has 11 heteroatoms. The van der Waals surface area contributed by atoms with E-state index in [4.69, 9.17) is 24.3 Å². The number of methoxy groups -OCH3 is 1. The van der Waals surface area contributed by atoms with Gasteiger partial charge in [0, 0.05) is 43.9 Å². The van der Waals surface area contributed by atoms with Crippen molar-refractivity contribution in [3.05, 3.63) is 42.1 Å². The molecule has 2 amide bonds. The Hall–Kier alpha value is -3.70. The lowest BCUT2D eigenvalue weighted by Gasteiger charge is -2.33. The van der Waals surface area contributed by atoms with E-state index in [0.717, 1.165) is 61.2 Å². The smallest absolute Gasteiger partial charge is 0.351 e. The van der Waals surface area contributed by atoms with Gasteiger partial charge >= 0.3 is 12.0 Å². The molecule has 2 N–H and O–H groups in total. The van der Waals surface area contributed by atoms with E-state index in [-0.39, 0.29) is 30.5 Å². The first kappa shape index (κ1) is 31.7. The van der Waals surface area contributed by atoms with Crippen LogP contribution in [0, 0.1) is 5.92 Å². The van der Waals surface area contributed by atoms with Crippen LogP contribution in [0.2, 0.25) is 0 Å². The summed E-state index contributed by atoms with van der Waals surface area (Å²) in [5, 5.41) is 13.3. The molecule has 0 spiro atoms. The fourth-order valence-corrected chi connectivity index (χ4v) is 6.01. The number of ether oxygens (including phenoxy) is 3. The van der Waals surface area contributed by atoms with Gasteiger partial charge in [-0.2, -0.15) is 5.10 Å². The van der Waals surface area contributed by atoms with Gasteiger partial charge in [-0.25, -0.2) is 19.7 Å². The Morgan fingerprint density at radius 1 is 1.05 bits per heavy atom. The molecular formula is C33H46N6O5. The third-order valence-electron chi connectivity index (χ3n) is 8.15. The van der Waals surface area contributed by atoms with Crippen LogP contribution < -0.4 is 20.3 Å². The number of carbonyl (C=O) groups excluding carboxylic acids is 2. The maximum absolute atomic E-state index is 14.5. The highest BCUT2D eigenvalue weighted by atomic mass is 16.6. The van der Waals surface area contributed by atoms with Gasteiger partial charge in [0.1, 0.15) is 17.2 Å². The molecule has 1 aliphatic carbocycles. The highest BCUT2D eigenvalue weighted by Gasteiger charge is 2.38. The summed E-state index contributed by atoms with van der Waals surface area (Å²) in [6.07, 6.45) is 8.88. The highest BCUT2D eigenvalue weighted by Crippen LogP contribution is 2.39. The number of urea groups is 1. The standard InChI is InChI=1S/C33H46N6O5/c1-33(2,3)44-30(40)22-34-16-17-35-24-10-13-29(36-21-24)38-28-20-26(42-4)11-12-27(28)31(23-8-6-5-7-9-23)37-39(32(38)41)25-14-18-43-19-15-25/h10-13,20-21,23,25,34-35H,5-9,14-19,22H2,1-4H3. The molecular weight excluding hydrogens is 560 g/mol. The number of benzene rings is 1. The second-order valence-corrected chi connectivity index (χ2v) is 12.6. The van der Waals surface area contributed by atoms with Crippen molar-refractivity contribution in [1.82, 2.24) is 15.3 Å². The van der Waals surface area contributed by atoms with Crippen molar-refractivity contribution in [2.24, 2.45) is 11.0 Å². The molecule has 2 aromatic rings. The first-order valence-corrected chi connectivity index (χ1v) is 15.8. The Morgan fingerprint density at radius 2 is 1.82 bits per heavy atom. The van der Waals surface area contributed by atoms with Gasteiger partial charge in [0.15, 0.2) is 0 Å². The molecule has 2 aliphatic heterocycles. The number of aromatic nitrogens is 1.